The highest BCUT2D eigenvalue weighted by Crippen LogP contribution is 2.28. The van der Waals surface area contributed by atoms with Gasteiger partial charge in [-0.3, -0.25) is 9.59 Å². The Morgan fingerprint density at radius 2 is 1.97 bits per heavy atom. The first-order valence-electron chi connectivity index (χ1n) is 10.4. The summed E-state index contributed by atoms with van der Waals surface area (Å²) in [4.78, 5) is 30.8. The Hall–Kier alpha value is -2.63. The van der Waals surface area contributed by atoms with E-state index in [1.165, 1.54) is 22.5 Å². The third-order valence-electron chi connectivity index (χ3n) is 5.69. The fourth-order valence-corrected chi connectivity index (χ4v) is 5.37. The molecule has 2 amide bonds. The number of halogens is 1. The lowest BCUT2D eigenvalue weighted by Crippen LogP contribution is -2.45. The zero-order chi connectivity index (χ0) is 24.3. The predicted molar refractivity (Wildman–Crippen MR) is 124 cm³/mol. The van der Waals surface area contributed by atoms with Crippen LogP contribution < -0.4 is 10.1 Å². The van der Waals surface area contributed by atoms with E-state index in [0.717, 1.165) is 0 Å². The second-order valence-electron chi connectivity index (χ2n) is 8.00. The molecule has 1 N–H and O–H groups in total. The van der Waals surface area contributed by atoms with E-state index in [2.05, 4.69) is 10.3 Å². The van der Waals surface area contributed by atoms with Gasteiger partial charge in [-0.25, -0.2) is 13.4 Å². The summed E-state index contributed by atoms with van der Waals surface area (Å²) < 4.78 is 33.9. The lowest BCUT2D eigenvalue weighted by atomic mass is 9.96. The van der Waals surface area contributed by atoms with Crippen LogP contribution in [0.4, 0.5) is 5.69 Å². The molecular weight excluding hydrogens is 470 g/mol. The van der Waals surface area contributed by atoms with Crippen LogP contribution in [0.1, 0.15) is 18.7 Å². The van der Waals surface area contributed by atoms with Crippen molar-refractivity contribution in [3.8, 4) is 5.75 Å². The fourth-order valence-electron chi connectivity index (χ4n) is 3.70. The molecule has 1 aliphatic heterocycles. The molecule has 2 aromatic rings. The number of amides is 2. The van der Waals surface area contributed by atoms with E-state index in [4.69, 9.17) is 16.3 Å². The maximum Gasteiger partial charge on any atom is 0.262 e. The number of imidazole rings is 1. The number of anilines is 1. The van der Waals surface area contributed by atoms with Crippen LogP contribution in [-0.4, -0.2) is 72.8 Å². The van der Waals surface area contributed by atoms with Gasteiger partial charge in [0.05, 0.1) is 19.3 Å². The summed E-state index contributed by atoms with van der Waals surface area (Å²) >= 11 is 5.98. The molecule has 0 radical (unpaired) electrons. The van der Waals surface area contributed by atoms with Gasteiger partial charge in [0.25, 0.3) is 10.0 Å². The first kappa shape index (κ1) is 25.0. The molecule has 3 rings (SSSR count). The number of nitrogens with one attached hydrogen (secondary N) is 1. The Morgan fingerprint density at radius 1 is 1.30 bits per heavy atom. The topological polar surface area (TPSA) is 114 Å². The molecule has 0 atom stereocenters. The number of likely N-dealkylation sites (N-methyl/N-ethyl adjacent to an activating group) is 1. The summed E-state index contributed by atoms with van der Waals surface area (Å²) in [6.45, 7) is 2.01. The number of benzene rings is 1. The largest absolute Gasteiger partial charge is 0.495 e. The minimum absolute atomic E-state index is 0.0116. The molecule has 1 fully saturated rings. The summed E-state index contributed by atoms with van der Waals surface area (Å²) in [6, 6.07) is 4.85. The standard InChI is InChI=1S/C21H28ClN5O5S/c1-14-23-20(13-25(14)2)33(30,31)27-9-7-15(8-10-27)21(29)26(3)12-19(28)24-17-11-16(22)5-6-18(17)32-4/h5-6,11,13,15H,7-10,12H2,1-4H3,(H,24,28). The molecule has 1 saturated heterocycles. The van der Waals surface area contributed by atoms with Gasteiger partial charge in [0.1, 0.15) is 11.6 Å². The van der Waals surface area contributed by atoms with Gasteiger partial charge in [-0.1, -0.05) is 11.6 Å². The Balaban J connectivity index is 1.56. The Morgan fingerprint density at radius 3 is 2.55 bits per heavy atom. The van der Waals surface area contributed by atoms with Crippen LogP contribution in [0, 0.1) is 12.8 Å². The van der Waals surface area contributed by atoms with Crippen molar-refractivity contribution in [1.29, 1.82) is 0 Å². The maximum atomic E-state index is 12.9. The van der Waals surface area contributed by atoms with Crippen molar-refractivity contribution in [1.82, 2.24) is 18.8 Å². The number of piperidine rings is 1. The van der Waals surface area contributed by atoms with Gasteiger partial charge in [-0.15, -0.1) is 0 Å². The van der Waals surface area contributed by atoms with Crippen molar-refractivity contribution < 1.29 is 22.7 Å². The Bertz CT molecular complexity index is 1120. The van der Waals surface area contributed by atoms with E-state index in [9.17, 15) is 18.0 Å². The summed E-state index contributed by atoms with van der Waals surface area (Å²) in [5, 5.41) is 3.16. The SMILES string of the molecule is COc1ccc(Cl)cc1NC(=O)CN(C)C(=O)C1CCN(S(=O)(=O)c2cn(C)c(C)n2)CC1. The smallest absolute Gasteiger partial charge is 0.262 e. The van der Waals surface area contributed by atoms with Gasteiger partial charge in [0, 0.05) is 44.3 Å². The fraction of sp³-hybridized carbons (Fsp3) is 0.476. The second kappa shape index (κ2) is 10.1. The van der Waals surface area contributed by atoms with Gasteiger partial charge in [0.2, 0.25) is 11.8 Å². The van der Waals surface area contributed by atoms with Crippen LogP contribution in [0.15, 0.2) is 29.4 Å². The van der Waals surface area contributed by atoms with Gasteiger partial charge in [-0.2, -0.15) is 4.31 Å². The number of methoxy groups -OCH3 is 1. The molecule has 2 heterocycles. The number of hydrogen-bond donors (Lipinski definition) is 1. The van der Waals surface area contributed by atoms with E-state index in [-0.39, 0.29) is 36.5 Å². The van der Waals surface area contributed by atoms with Crippen LogP contribution >= 0.6 is 11.6 Å². The summed E-state index contributed by atoms with van der Waals surface area (Å²) in [5.74, 6) is 0.110. The van der Waals surface area contributed by atoms with Gasteiger partial charge >= 0.3 is 0 Å². The van der Waals surface area contributed by atoms with Crippen LogP contribution in [0.5, 0.6) is 5.75 Å². The highest BCUT2D eigenvalue weighted by molar-refractivity contribution is 7.89. The molecule has 12 heteroatoms. The molecule has 0 unspecified atom stereocenters. The molecule has 0 bridgehead atoms. The quantitative estimate of drug-likeness (QED) is 0.624. The zero-order valence-corrected chi connectivity index (χ0v) is 20.6. The predicted octanol–water partition coefficient (Wildman–Crippen LogP) is 1.89. The average Bonchev–Trinajstić information content (AvgIpc) is 3.12. The Labute approximate surface area is 198 Å². The number of ether oxygens (including phenoxy) is 1. The normalized spacial score (nSPS) is 15.3. The second-order valence-corrected chi connectivity index (χ2v) is 10.3. The molecule has 1 aromatic heterocycles. The van der Waals surface area contributed by atoms with Crippen molar-refractivity contribution in [2.24, 2.45) is 13.0 Å². The third-order valence-corrected chi connectivity index (χ3v) is 7.69. The number of hydrogen-bond acceptors (Lipinski definition) is 6. The van der Waals surface area contributed by atoms with Gasteiger partial charge in [0.15, 0.2) is 5.03 Å². The molecule has 33 heavy (non-hydrogen) atoms. The lowest BCUT2D eigenvalue weighted by Gasteiger charge is -2.32. The third kappa shape index (κ3) is 5.66. The van der Waals surface area contributed by atoms with Crippen molar-refractivity contribution in [3.05, 3.63) is 35.2 Å². The lowest BCUT2D eigenvalue weighted by molar-refractivity contribution is -0.138. The summed E-state index contributed by atoms with van der Waals surface area (Å²) in [7, 11) is 1.06. The number of nitrogens with zero attached hydrogens (tertiary/aromatic N) is 4. The van der Waals surface area contributed by atoms with E-state index in [0.29, 0.717) is 35.1 Å². The number of carbonyl (C=O) groups excluding carboxylic acids is 2. The molecule has 0 aliphatic carbocycles. The summed E-state index contributed by atoms with van der Waals surface area (Å²) in [6.07, 6.45) is 2.24. The average molecular weight is 498 g/mol. The highest BCUT2D eigenvalue weighted by atomic mass is 35.5. The maximum absolute atomic E-state index is 12.9. The van der Waals surface area contributed by atoms with Crippen molar-refractivity contribution in [2.75, 3.05) is 39.1 Å². The molecule has 0 spiro atoms. The minimum Gasteiger partial charge on any atom is -0.495 e. The van der Waals surface area contributed by atoms with Crippen LogP contribution in [0.3, 0.4) is 0 Å². The molecule has 1 aliphatic rings. The van der Waals surface area contributed by atoms with Crippen LogP contribution in [-0.2, 0) is 26.7 Å². The van der Waals surface area contributed by atoms with Crippen molar-refractivity contribution in [2.45, 2.75) is 24.8 Å². The zero-order valence-electron chi connectivity index (χ0n) is 19.0. The number of sulfonamides is 1. The minimum atomic E-state index is -3.71. The molecule has 180 valence electrons. The number of aryl methyl sites for hydroxylation is 2. The molecule has 0 saturated carbocycles. The van der Waals surface area contributed by atoms with Crippen LogP contribution in [0.2, 0.25) is 5.02 Å². The van der Waals surface area contributed by atoms with E-state index in [1.54, 1.807) is 43.8 Å². The first-order chi connectivity index (χ1) is 15.5. The highest BCUT2D eigenvalue weighted by Gasteiger charge is 2.34. The number of carbonyl (C=O) groups is 2. The van der Waals surface area contributed by atoms with Gasteiger partial charge in [-0.05, 0) is 38.0 Å². The van der Waals surface area contributed by atoms with Crippen molar-refractivity contribution >= 4 is 39.1 Å². The summed E-state index contributed by atoms with van der Waals surface area (Å²) in [5.41, 5.74) is 0.416. The van der Waals surface area contributed by atoms with E-state index < -0.39 is 15.9 Å². The Kier molecular flexibility index (Phi) is 7.65. The van der Waals surface area contributed by atoms with E-state index in [1.807, 2.05) is 0 Å². The van der Waals surface area contributed by atoms with Gasteiger partial charge < -0.3 is 19.5 Å². The molecule has 10 nitrogen and oxygen atoms in total. The van der Waals surface area contributed by atoms with Crippen LogP contribution in [0.25, 0.3) is 0 Å². The number of aromatic nitrogens is 2. The van der Waals surface area contributed by atoms with Crippen molar-refractivity contribution in [3.63, 3.8) is 0 Å². The number of rotatable bonds is 7. The van der Waals surface area contributed by atoms with E-state index >= 15 is 0 Å². The first-order valence-corrected chi connectivity index (χ1v) is 12.2. The molecule has 1 aromatic carbocycles. The monoisotopic (exact) mass is 497 g/mol. The molecular formula is C21H28ClN5O5S.